The third-order valence-corrected chi connectivity index (χ3v) is 3.21. The van der Waals surface area contributed by atoms with E-state index < -0.39 is 0 Å². The second-order valence-corrected chi connectivity index (χ2v) is 3.77. The Kier molecular flexibility index (Phi) is 1.45. The van der Waals surface area contributed by atoms with Crippen molar-refractivity contribution in [3.05, 3.63) is 0 Å². The molecule has 0 spiro atoms. The molecule has 58 valence electrons. The van der Waals surface area contributed by atoms with Gasteiger partial charge in [0.2, 0.25) is 0 Å². The first kappa shape index (κ1) is 6.84. The fraction of sp³-hybridized carbons (Fsp3) is 0.778. The quantitative estimate of drug-likeness (QED) is 0.528. The molecule has 0 aliphatic heterocycles. The molecule has 0 heterocycles. The lowest BCUT2D eigenvalue weighted by molar-refractivity contribution is -0.112. The van der Waals surface area contributed by atoms with Crippen LogP contribution >= 0.6 is 0 Å². The van der Waals surface area contributed by atoms with Crippen molar-refractivity contribution in [2.45, 2.75) is 19.3 Å². The first-order valence-electron chi connectivity index (χ1n) is 4.20. The maximum absolute atomic E-state index is 10.5. The predicted molar refractivity (Wildman–Crippen MR) is 39.5 cm³/mol. The third-order valence-electron chi connectivity index (χ3n) is 3.21. The molecule has 2 saturated carbocycles. The number of rotatable bonds is 1. The summed E-state index contributed by atoms with van der Waals surface area (Å²) in [5.41, 5.74) is 0. The molecule has 0 aromatic rings. The third kappa shape index (κ3) is 0.875. The highest BCUT2D eigenvalue weighted by molar-refractivity contribution is 5.55. The van der Waals surface area contributed by atoms with Crippen LogP contribution in [0, 0.1) is 35.0 Å². The highest BCUT2D eigenvalue weighted by Crippen LogP contribution is 2.50. The van der Waals surface area contributed by atoms with E-state index >= 15 is 0 Å². The fourth-order valence-electron chi connectivity index (χ4n) is 2.71. The molecule has 2 rings (SSSR count). The largest absolute Gasteiger partial charge is 0.303 e. The zero-order chi connectivity index (χ0) is 7.84. The van der Waals surface area contributed by atoms with Gasteiger partial charge in [0.15, 0.2) is 0 Å². The molecule has 2 fully saturated rings. The van der Waals surface area contributed by atoms with Crippen LogP contribution in [0.25, 0.3) is 0 Å². The molecule has 11 heavy (non-hydrogen) atoms. The molecule has 0 N–H and O–H groups in total. The minimum Gasteiger partial charge on any atom is -0.303 e. The molecule has 2 heteroatoms. The van der Waals surface area contributed by atoms with Gasteiger partial charge in [0.1, 0.15) is 6.29 Å². The van der Waals surface area contributed by atoms with Crippen molar-refractivity contribution in [1.29, 1.82) is 5.26 Å². The predicted octanol–water partition coefficient (Wildman–Crippen LogP) is 1.37. The zero-order valence-corrected chi connectivity index (χ0v) is 6.36. The number of fused-ring (bicyclic) bond motifs is 2. The van der Waals surface area contributed by atoms with Crippen molar-refractivity contribution in [3.63, 3.8) is 0 Å². The summed E-state index contributed by atoms with van der Waals surface area (Å²) >= 11 is 0. The standard InChI is InChI=1S/C9H11NO/c10-4-7-1-6-2-8(5-11)9(7)3-6/h5-9H,1-3H2/t6-,7-,8+,9-/m0/s1. The Bertz CT molecular complexity index is 218. The molecule has 2 bridgehead atoms. The maximum atomic E-state index is 10.5. The van der Waals surface area contributed by atoms with Gasteiger partial charge in [0.05, 0.1) is 12.0 Å². The van der Waals surface area contributed by atoms with E-state index in [-0.39, 0.29) is 11.8 Å². The molecule has 0 unspecified atom stereocenters. The number of hydrogen-bond donors (Lipinski definition) is 0. The van der Waals surface area contributed by atoms with Crippen LogP contribution in [-0.2, 0) is 4.79 Å². The summed E-state index contributed by atoms with van der Waals surface area (Å²) in [6.07, 6.45) is 4.27. The van der Waals surface area contributed by atoms with E-state index in [1.165, 1.54) is 0 Å². The van der Waals surface area contributed by atoms with Gasteiger partial charge >= 0.3 is 0 Å². The van der Waals surface area contributed by atoms with Gasteiger partial charge in [-0.3, -0.25) is 0 Å². The average Bonchev–Trinajstić information content (AvgIpc) is 2.60. The van der Waals surface area contributed by atoms with Gasteiger partial charge < -0.3 is 4.79 Å². The Hall–Kier alpha value is -0.840. The van der Waals surface area contributed by atoms with Crippen molar-refractivity contribution in [3.8, 4) is 6.07 Å². The molecule has 2 aliphatic rings. The number of carbonyl (C=O) groups is 1. The second kappa shape index (κ2) is 2.34. The van der Waals surface area contributed by atoms with Crippen molar-refractivity contribution in [2.24, 2.45) is 23.7 Å². The smallest absolute Gasteiger partial charge is 0.123 e. The summed E-state index contributed by atoms with van der Waals surface area (Å²) in [7, 11) is 0. The van der Waals surface area contributed by atoms with Gasteiger partial charge in [-0.1, -0.05) is 0 Å². The Morgan fingerprint density at radius 3 is 2.73 bits per heavy atom. The van der Waals surface area contributed by atoms with E-state index in [0.717, 1.165) is 25.5 Å². The van der Waals surface area contributed by atoms with E-state index in [1.54, 1.807) is 0 Å². The van der Waals surface area contributed by atoms with E-state index in [9.17, 15) is 4.79 Å². The molecular weight excluding hydrogens is 138 g/mol. The lowest BCUT2D eigenvalue weighted by Gasteiger charge is -2.19. The number of hydrogen-bond acceptors (Lipinski definition) is 2. The van der Waals surface area contributed by atoms with Gasteiger partial charge in [0, 0.05) is 5.92 Å². The summed E-state index contributed by atoms with van der Waals surface area (Å²) < 4.78 is 0. The Balaban J connectivity index is 2.15. The molecule has 0 radical (unpaired) electrons. The molecule has 0 amide bonds. The van der Waals surface area contributed by atoms with E-state index in [1.807, 2.05) is 0 Å². The van der Waals surface area contributed by atoms with Crippen LogP contribution in [0.5, 0.6) is 0 Å². The van der Waals surface area contributed by atoms with Crippen LogP contribution < -0.4 is 0 Å². The van der Waals surface area contributed by atoms with Crippen molar-refractivity contribution in [2.75, 3.05) is 0 Å². The monoisotopic (exact) mass is 149 g/mol. The Morgan fingerprint density at radius 2 is 2.18 bits per heavy atom. The van der Waals surface area contributed by atoms with E-state index in [2.05, 4.69) is 6.07 Å². The lowest BCUT2D eigenvalue weighted by atomic mass is 9.82. The number of nitrogens with zero attached hydrogens (tertiary/aromatic N) is 1. The number of nitriles is 1. The van der Waals surface area contributed by atoms with Gasteiger partial charge in [-0.25, -0.2) is 0 Å². The minimum absolute atomic E-state index is 0.184. The fourth-order valence-corrected chi connectivity index (χ4v) is 2.71. The van der Waals surface area contributed by atoms with Gasteiger partial charge in [-0.05, 0) is 31.1 Å². The highest BCUT2D eigenvalue weighted by atomic mass is 16.1. The number of aldehydes is 1. The summed E-state index contributed by atoms with van der Waals surface area (Å²) in [4.78, 5) is 10.5. The molecule has 0 aromatic heterocycles. The zero-order valence-electron chi connectivity index (χ0n) is 6.36. The second-order valence-electron chi connectivity index (χ2n) is 3.77. The summed E-state index contributed by atoms with van der Waals surface area (Å²) in [6.45, 7) is 0. The van der Waals surface area contributed by atoms with Crippen LogP contribution in [-0.4, -0.2) is 6.29 Å². The molecule has 4 atom stereocenters. The van der Waals surface area contributed by atoms with Gasteiger partial charge in [-0.15, -0.1) is 0 Å². The first-order valence-corrected chi connectivity index (χ1v) is 4.20. The molecule has 0 aromatic carbocycles. The molecular formula is C9H11NO. The normalized spacial score (nSPS) is 47.2. The molecule has 2 aliphatic carbocycles. The molecule has 0 saturated heterocycles. The Morgan fingerprint density at radius 1 is 1.36 bits per heavy atom. The topological polar surface area (TPSA) is 40.9 Å². The van der Waals surface area contributed by atoms with Crippen LogP contribution in [0.4, 0.5) is 0 Å². The van der Waals surface area contributed by atoms with Crippen LogP contribution in [0.3, 0.4) is 0 Å². The first-order chi connectivity index (χ1) is 5.35. The summed E-state index contributed by atoms with van der Waals surface area (Å²) in [5, 5.41) is 8.74. The van der Waals surface area contributed by atoms with Gasteiger partial charge in [-0.2, -0.15) is 5.26 Å². The van der Waals surface area contributed by atoms with Crippen molar-refractivity contribution < 1.29 is 4.79 Å². The van der Waals surface area contributed by atoms with E-state index in [0.29, 0.717) is 11.8 Å². The Labute approximate surface area is 66.2 Å². The SMILES string of the molecule is N#C[C@@H]1C[C@@H]2C[C@@H]1[C@@H](C=O)C2. The summed E-state index contributed by atoms with van der Waals surface area (Å²) in [6, 6.07) is 2.30. The van der Waals surface area contributed by atoms with Crippen LogP contribution in [0.2, 0.25) is 0 Å². The van der Waals surface area contributed by atoms with E-state index in [4.69, 9.17) is 5.26 Å². The highest BCUT2D eigenvalue weighted by Gasteiger charge is 2.45. The average molecular weight is 149 g/mol. The van der Waals surface area contributed by atoms with Crippen molar-refractivity contribution in [1.82, 2.24) is 0 Å². The van der Waals surface area contributed by atoms with Crippen LogP contribution in [0.1, 0.15) is 19.3 Å². The minimum atomic E-state index is 0.184. The lowest BCUT2D eigenvalue weighted by Crippen LogP contribution is -2.19. The molecule has 2 nitrogen and oxygen atoms in total. The number of carbonyl (C=O) groups excluding carboxylic acids is 1. The van der Waals surface area contributed by atoms with Crippen LogP contribution in [0.15, 0.2) is 0 Å². The van der Waals surface area contributed by atoms with Crippen molar-refractivity contribution >= 4 is 6.29 Å². The maximum Gasteiger partial charge on any atom is 0.123 e. The van der Waals surface area contributed by atoms with Gasteiger partial charge in [0.25, 0.3) is 0 Å². The summed E-state index contributed by atoms with van der Waals surface area (Å²) in [5.74, 6) is 1.48.